The van der Waals surface area contributed by atoms with Crippen LogP contribution in [0.25, 0.3) is 11.0 Å². The van der Waals surface area contributed by atoms with Crippen molar-refractivity contribution in [2.45, 2.75) is 64.5 Å². The second-order valence-corrected chi connectivity index (χ2v) is 7.09. The molecule has 2 N–H and O–H groups in total. The van der Waals surface area contributed by atoms with Gasteiger partial charge in [-0.1, -0.05) is 50.6 Å². The van der Waals surface area contributed by atoms with Gasteiger partial charge in [-0.05, 0) is 37.7 Å². The Morgan fingerprint density at radius 1 is 1.17 bits per heavy atom. The normalized spacial score (nSPS) is 17.6. The Hall–Kier alpha value is -3.16. The molecule has 0 spiro atoms. The molecule has 1 fully saturated rings. The summed E-state index contributed by atoms with van der Waals surface area (Å²) in [5, 5.41) is 4.82. The summed E-state index contributed by atoms with van der Waals surface area (Å²) in [6.45, 7) is 4.00. The predicted molar refractivity (Wildman–Crippen MR) is 115 cm³/mol. The molecule has 2 aliphatic carbocycles. The molecule has 8 heteroatoms. The fourth-order valence-corrected chi connectivity index (χ4v) is 3.75. The molecule has 0 amide bonds. The van der Waals surface area contributed by atoms with Gasteiger partial charge in [-0.2, -0.15) is 0 Å². The summed E-state index contributed by atoms with van der Waals surface area (Å²) in [4.78, 5) is 42.3. The first-order valence-electron chi connectivity index (χ1n) is 10.6. The average molecular weight is 412 g/mol. The maximum atomic E-state index is 13.1. The third-order valence-corrected chi connectivity index (χ3v) is 5.20. The van der Waals surface area contributed by atoms with Crippen LogP contribution >= 0.6 is 0 Å². The largest absolute Gasteiger partial charge is 0.461 e. The van der Waals surface area contributed by atoms with Gasteiger partial charge < -0.3 is 4.74 Å². The number of aromatic nitrogens is 4. The summed E-state index contributed by atoms with van der Waals surface area (Å²) in [7, 11) is 0. The van der Waals surface area contributed by atoms with E-state index in [-0.39, 0.29) is 17.1 Å². The van der Waals surface area contributed by atoms with E-state index in [9.17, 15) is 14.4 Å². The first-order valence-corrected chi connectivity index (χ1v) is 10.6. The number of esters is 1. The minimum Gasteiger partial charge on any atom is -0.461 e. The van der Waals surface area contributed by atoms with E-state index in [1.54, 1.807) is 6.08 Å². The zero-order valence-electron chi connectivity index (χ0n) is 17.4. The van der Waals surface area contributed by atoms with E-state index in [2.05, 4.69) is 15.2 Å². The lowest BCUT2D eigenvalue weighted by atomic mass is 9.97. The van der Waals surface area contributed by atoms with Crippen molar-refractivity contribution in [1.82, 2.24) is 19.7 Å². The second kappa shape index (κ2) is 10.0. The Balaban J connectivity index is 0.00000124. The number of fused-ring (bicyclic) bond motifs is 1. The molecular weight excluding hydrogens is 384 g/mol. The summed E-state index contributed by atoms with van der Waals surface area (Å²) in [5.41, 5.74) is -0.336. The Bertz CT molecular complexity index is 1080. The molecule has 1 unspecified atom stereocenters. The summed E-state index contributed by atoms with van der Waals surface area (Å²) >= 11 is 0. The fourth-order valence-electron chi connectivity index (χ4n) is 3.75. The first kappa shape index (κ1) is 21.5. The van der Waals surface area contributed by atoms with Gasteiger partial charge in [0.15, 0.2) is 17.1 Å². The number of H-pyrrole nitrogens is 2. The minimum atomic E-state index is -0.989. The SMILES string of the molecule is CC.O=C(OC1CCCCC1)C(C1=CCC=CC=C1)n1cnc2[nH][nH]c(=O)c2c1=O. The van der Waals surface area contributed by atoms with Crippen LogP contribution in [0.3, 0.4) is 0 Å². The molecule has 0 radical (unpaired) electrons. The monoisotopic (exact) mass is 412 g/mol. The highest BCUT2D eigenvalue weighted by atomic mass is 16.5. The van der Waals surface area contributed by atoms with Gasteiger partial charge >= 0.3 is 5.97 Å². The van der Waals surface area contributed by atoms with E-state index in [0.717, 1.165) is 32.1 Å². The molecule has 160 valence electrons. The number of ether oxygens (including phenoxy) is 1. The quantitative estimate of drug-likeness (QED) is 0.749. The third-order valence-electron chi connectivity index (χ3n) is 5.20. The minimum absolute atomic E-state index is 0.103. The van der Waals surface area contributed by atoms with E-state index in [1.807, 2.05) is 38.2 Å². The topological polar surface area (TPSA) is 110 Å². The van der Waals surface area contributed by atoms with E-state index >= 15 is 0 Å². The molecule has 2 aromatic rings. The van der Waals surface area contributed by atoms with Gasteiger partial charge in [0, 0.05) is 0 Å². The molecule has 8 nitrogen and oxygen atoms in total. The van der Waals surface area contributed by atoms with Gasteiger partial charge in [-0.15, -0.1) is 0 Å². The van der Waals surface area contributed by atoms with Crippen molar-refractivity contribution in [2.75, 3.05) is 0 Å². The highest BCUT2D eigenvalue weighted by Gasteiger charge is 2.30. The van der Waals surface area contributed by atoms with Crippen LogP contribution in [0, 0.1) is 0 Å². The third kappa shape index (κ3) is 4.53. The van der Waals surface area contributed by atoms with Crippen molar-refractivity contribution in [2.24, 2.45) is 0 Å². The zero-order valence-corrected chi connectivity index (χ0v) is 17.4. The van der Waals surface area contributed by atoms with Crippen LogP contribution < -0.4 is 11.1 Å². The van der Waals surface area contributed by atoms with Crippen molar-refractivity contribution in [1.29, 1.82) is 0 Å². The van der Waals surface area contributed by atoms with Gasteiger partial charge in [0.05, 0.1) is 0 Å². The zero-order chi connectivity index (χ0) is 21.5. The molecule has 0 aliphatic heterocycles. The molecule has 4 rings (SSSR count). The lowest BCUT2D eigenvalue weighted by Crippen LogP contribution is -2.35. The Labute approximate surface area is 174 Å². The molecular formula is C22H28N4O4. The summed E-state index contributed by atoms with van der Waals surface area (Å²) in [6.07, 6.45) is 16.0. The second-order valence-electron chi connectivity index (χ2n) is 7.09. The van der Waals surface area contributed by atoms with Crippen LogP contribution in [0.2, 0.25) is 0 Å². The van der Waals surface area contributed by atoms with Crippen LogP contribution in [0.15, 0.2) is 51.9 Å². The standard InChI is InChI=1S/C20H22N4O4.C2H6/c25-18-15-17(22-23-18)21-12-24(19(15)26)16(13-8-4-1-2-5-9-13)20(27)28-14-10-6-3-7-11-14;1-2/h1-2,4,8-9,12,14,16H,3,5-7,10-11H2,(H2,22,23,25);1-2H3. The lowest BCUT2D eigenvalue weighted by Gasteiger charge is -2.26. The highest BCUT2D eigenvalue weighted by Crippen LogP contribution is 2.26. The van der Waals surface area contributed by atoms with Crippen molar-refractivity contribution < 1.29 is 9.53 Å². The van der Waals surface area contributed by atoms with Crippen molar-refractivity contribution in [3.05, 3.63) is 63.0 Å². The summed E-state index contributed by atoms with van der Waals surface area (Å²) < 4.78 is 6.96. The number of nitrogens with one attached hydrogen (secondary N) is 2. The average Bonchev–Trinajstić information content (AvgIpc) is 2.97. The molecule has 2 aromatic heterocycles. The van der Waals surface area contributed by atoms with Crippen LogP contribution in [0.5, 0.6) is 0 Å². The lowest BCUT2D eigenvalue weighted by molar-refractivity contribution is -0.153. The Morgan fingerprint density at radius 2 is 1.93 bits per heavy atom. The number of carbonyl (C=O) groups excluding carboxylic acids is 1. The number of hydrogen-bond acceptors (Lipinski definition) is 5. The molecule has 0 saturated heterocycles. The molecule has 1 saturated carbocycles. The van der Waals surface area contributed by atoms with Crippen LogP contribution in [0.1, 0.15) is 58.4 Å². The van der Waals surface area contributed by atoms with Crippen LogP contribution in [0.4, 0.5) is 0 Å². The number of hydrogen-bond donors (Lipinski definition) is 2. The van der Waals surface area contributed by atoms with Gasteiger partial charge in [0.25, 0.3) is 11.1 Å². The van der Waals surface area contributed by atoms with Gasteiger partial charge in [-0.3, -0.25) is 24.4 Å². The maximum Gasteiger partial charge on any atom is 0.334 e. The molecule has 1 atom stereocenters. The van der Waals surface area contributed by atoms with Crippen molar-refractivity contribution >= 4 is 17.0 Å². The number of nitrogens with zero attached hydrogens (tertiary/aromatic N) is 2. The molecule has 2 aliphatic rings. The molecule has 30 heavy (non-hydrogen) atoms. The Morgan fingerprint density at radius 3 is 2.70 bits per heavy atom. The van der Waals surface area contributed by atoms with Gasteiger partial charge in [0.2, 0.25) is 0 Å². The number of aromatic amines is 2. The van der Waals surface area contributed by atoms with Crippen molar-refractivity contribution in [3.63, 3.8) is 0 Å². The number of allylic oxidation sites excluding steroid dienone is 5. The first-order chi connectivity index (χ1) is 14.6. The molecule has 0 aromatic carbocycles. The molecule has 0 bridgehead atoms. The van der Waals surface area contributed by atoms with Crippen LogP contribution in [-0.4, -0.2) is 31.8 Å². The fraction of sp³-hybridized carbons (Fsp3) is 0.455. The maximum absolute atomic E-state index is 13.1. The van der Waals surface area contributed by atoms with Crippen molar-refractivity contribution in [3.8, 4) is 0 Å². The number of rotatable bonds is 4. The highest BCUT2D eigenvalue weighted by molar-refractivity contribution is 5.80. The summed E-state index contributed by atoms with van der Waals surface area (Å²) in [6, 6.07) is -0.989. The van der Waals surface area contributed by atoms with E-state index in [0.29, 0.717) is 12.0 Å². The summed E-state index contributed by atoms with van der Waals surface area (Å²) in [5.74, 6) is -0.500. The molecule has 2 heterocycles. The Kier molecular flexibility index (Phi) is 7.21. The van der Waals surface area contributed by atoms with E-state index in [1.165, 1.54) is 10.9 Å². The van der Waals surface area contributed by atoms with E-state index in [4.69, 9.17) is 4.74 Å². The number of carbonyl (C=O) groups is 1. The van der Waals surface area contributed by atoms with E-state index < -0.39 is 23.1 Å². The smallest absolute Gasteiger partial charge is 0.334 e. The predicted octanol–water partition coefficient (Wildman–Crippen LogP) is 3.30. The van der Waals surface area contributed by atoms with Crippen LogP contribution in [-0.2, 0) is 9.53 Å². The van der Waals surface area contributed by atoms with Gasteiger partial charge in [0.1, 0.15) is 12.4 Å². The van der Waals surface area contributed by atoms with Gasteiger partial charge in [-0.25, -0.2) is 9.78 Å².